The molecule has 0 spiro atoms. The Morgan fingerprint density at radius 3 is 2.50 bits per heavy atom. The minimum Gasteiger partial charge on any atom is -0.379 e. The minimum absolute atomic E-state index is 0.0664. The van der Waals surface area contributed by atoms with Crippen molar-refractivity contribution in [3.05, 3.63) is 12.7 Å². The maximum atomic E-state index is 5.71. The highest BCUT2D eigenvalue weighted by Crippen LogP contribution is 2.20. The fourth-order valence-electron chi connectivity index (χ4n) is 1.12. The zero-order chi connectivity index (χ0) is 11.0. The monoisotopic (exact) mass is 200 g/mol. The van der Waals surface area contributed by atoms with Crippen LogP contribution in [0.5, 0.6) is 0 Å². The molecule has 14 heavy (non-hydrogen) atoms. The highest BCUT2D eigenvalue weighted by molar-refractivity contribution is 4.76. The van der Waals surface area contributed by atoms with Crippen LogP contribution in [-0.4, -0.2) is 24.9 Å². The maximum absolute atomic E-state index is 5.71. The second-order valence-electron chi connectivity index (χ2n) is 4.07. The average molecular weight is 200 g/mol. The summed E-state index contributed by atoms with van der Waals surface area (Å²) in [4.78, 5) is 0. The predicted molar refractivity (Wildman–Crippen MR) is 60.6 cm³/mol. The molecule has 2 heteroatoms. The van der Waals surface area contributed by atoms with Gasteiger partial charge in [0.15, 0.2) is 0 Å². The lowest BCUT2D eigenvalue weighted by Crippen LogP contribution is -2.30. The van der Waals surface area contributed by atoms with Crippen molar-refractivity contribution in [2.75, 3.05) is 13.2 Å². The molecular formula is C12H24O2. The lowest BCUT2D eigenvalue weighted by atomic mass is 9.99. The van der Waals surface area contributed by atoms with Crippen molar-refractivity contribution < 1.29 is 9.47 Å². The third-order valence-corrected chi connectivity index (χ3v) is 2.38. The van der Waals surface area contributed by atoms with Gasteiger partial charge in [0, 0.05) is 6.61 Å². The Balaban J connectivity index is 3.79. The van der Waals surface area contributed by atoms with Gasteiger partial charge in [0.2, 0.25) is 0 Å². The van der Waals surface area contributed by atoms with Crippen LogP contribution in [-0.2, 0) is 9.47 Å². The van der Waals surface area contributed by atoms with Gasteiger partial charge in [0.25, 0.3) is 0 Å². The number of hydrogen-bond donors (Lipinski definition) is 0. The molecule has 0 aromatic heterocycles. The summed E-state index contributed by atoms with van der Waals surface area (Å²) in [5.41, 5.74) is -0.0664. The third kappa shape index (κ3) is 6.17. The molecule has 0 N–H and O–H groups in total. The van der Waals surface area contributed by atoms with E-state index in [1.807, 2.05) is 13.8 Å². The SMILES string of the molecule is C=CCOC(C)(CC)CCOC(C)C. The molecule has 0 amide bonds. The van der Waals surface area contributed by atoms with E-state index in [2.05, 4.69) is 20.4 Å². The Hall–Kier alpha value is -0.340. The first-order valence-electron chi connectivity index (χ1n) is 5.40. The highest BCUT2D eigenvalue weighted by Gasteiger charge is 2.21. The fraction of sp³-hybridized carbons (Fsp3) is 0.833. The van der Waals surface area contributed by atoms with Gasteiger partial charge in [0.1, 0.15) is 0 Å². The van der Waals surface area contributed by atoms with Gasteiger partial charge < -0.3 is 9.47 Å². The summed E-state index contributed by atoms with van der Waals surface area (Å²) in [5.74, 6) is 0. The second kappa shape index (κ2) is 7.02. The normalized spacial score (nSPS) is 15.5. The molecule has 84 valence electrons. The molecular weight excluding hydrogens is 176 g/mol. The lowest BCUT2D eigenvalue weighted by molar-refractivity contribution is -0.0499. The van der Waals surface area contributed by atoms with Gasteiger partial charge in [-0.1, -0.05) is 13.0 Å². The molecule has 0 bridgehead atoms. The smallest absolute Gasteiger partial charge is 0.0678 e. The molecule has 0 rings (SSSR count). The first-order valence-corrected chi connectivity index (χ1v) is 5.40. The molecule has 0 saturated heterocycles. The van der Waals surface area contributed by atoms with Crippen molar-refractivity contribution in [3.63, 3.8) is 0 Å². The van der Waals surface area contributed by atoms with Gasteiger partial charge in [-0.05, 0) is 33.6 Å². The van der Waals surface area contributed by atoms with E-state index in [4.69, 9.17) is 9.47 Å². The van der Waals surface area contributed by atoms with E-state index >= 15 is 0 Å². The largest absolute Gasteiger partial charge is 0.379 e. The summed E-state index contributed by atoms with van der Waals surface area (Å²) in [5, 5.41) is 0. The Bertz CT molecular complexity index is 154. The minimum atomic E-state index is -0.0664. The van der Waals surface area contributed by atoms with E-state index in [1.165, 1.54) is 0 Å². The summed E-state index contributed by atoms with van der Waals surface area (Å²) >= 11 is 0. The van der Waals surface area contributed by atoms with E-state index in [1.54, 1.807) is 6.08 Å². The van der Waals surface area contributed by atoms with E-state index in [9.17, 15) is 0 Å². The molecule has 0 fully saturated rings. The van der Waals surface area contributed by atoms with Crippen molar-refractivity contribution >= 4 is 0 Å². The molecule has 0 aliphatic rings. The van der Waals surface area contributed by atoms with Crippen molar-refractivity contribution in [2.24, 2.45) is 0 Å². The standard InChI is InChI=1S/C12H24O2/c1-6-9-14-12(5,7-2)8-10-13-11(3)4/h6,11H,1,7-10H2,2-5H3. The van der Waals surface area contributed by atoms with Crippen LogP contribution in [0.15, 0.2) is 12.7 Å². The van der Waals surface area contributed by atoms with Crippen molar-refractivity contribution in [3.8, 4) is 0 Å². The zero-order valence-corrected chi connectivity index (χ0v) is 10.0. The van der Waals surface area contributed by atoms with Crippen LogP contribution in [0.3, 0.4) is 0 Å². The van der Waals surface area contributed by atoms with Gasteiger partial charge in [-0.15, -0.1) is 6.58 Å². The molecule has 0 aliphatic carbocycles. The van der Waals surface area contributed by atoms with Gasteiger partial charge in [-0.25, -0.2) is 0 Å². The fourth-order valence-corrected chi connectivity index (χ4v) is 1.12. The molecule has 2 nitrogen and oxygen atoms in total. The van der Waals surface area contributed by atoms with E-state index in [0.29, 0.717) is 12.7 Å². The van der Waals surface area contributed by atoms with Gasteiger partial charge >= 0.3 is 0 Å². The van der Waals surface area contributed by atoms with E-state index in [-0.39, 0.29) is 5.60 Å². The molecule has 0 aliphatic heterocycles. The Labute approximate surface area is 88.3 Å². The summed E-state index contributed by atoms with van der Waals surface area (Å²) in [6.45, 7) is 13.4. The van der Waals surface area contributed by atoms with Crippen molar-refractivity contribution in [2.45, 2.75) is 52.2 Å². The predicted octanol–water partition coefficient (Wildman–Crippen LogP) is 3.17. The summed E-state index contributed by atoms with van der Waals surface area (Å²) in [7, 11) is 0. The van der Waals surface area contributed by atoms with Crippen LogP contribution in [0.4, 0.5) is 0 Å². The van der Waals surface area contributed by atoms with Crippen LogP contribution < -0.4 is 0 Å². The first-order chi connectivity index (χ1) is 6.54. The molecule has 0 radical (unpaired) electrons. The summed E-state index contributed by atoms with van der Waals surface area (Å²) in [6.07, 6.45) is 4.03. The third-order valence-electron chi connectivity index (χ3n) is 2.38. The summed E-state index contributed by atoms with van der Waals surface area (Å²) in [6, 6.07) is 0. The van der Waals surface area contributed by atoms with E-state index < -0.39 is 0 Å². The second-order valence-corrected chi connectivity index (χ2v) is 4.07. The van der Waals surface area contributed by atoms with Crippen molar-refractivity contribution in [1.82, 2.24) is 0 Å². The zero-order valence-electron chi connectivity index (χ0n) is 10.0. The van der Waals surface area contributed by atoms with Crippen LogP contribution in [0.25, 0.3) is 0 Å². The number of ether oxygens (including phenoxy) is 2. The maximum Gasteiger partial charge on any atom is 0.0678 e. The van der Waals surface area contributed by atoms with Crippen LogP contribution in [0.2, 0.25) is 0 Å². The molecule has 0 aromatic rings. The molecule has 0 heterocycles. The van der Waals surface area contributed by atoms with Gasteiger partial charge in [-0.3, -0.25) is 0 Å². The van der Waals surface area contributed by atoms with Gasteiger partial charge in [0.05, 0.1) is 18.3 Å². The Morgan fingerprint density at radius 2 is 2.07 bits per heavy atom. The quantitative estimate of drug-likeness (QED) is 0.560. The van der Waals surface area contributed by atoms with Crippen LogP contribution in [0.1, 0.15) is 40.5 Å². The molecule has 0 saturated carbocycles. The topological polar surface area (TPSA) is 18.5 Å². The van der Waals surface area contributed by atoms with Gasteiger partial charge in [-0.2, -0.15) is 0 Å². The highest BCUT2D eigenvalue weighted by atomic mass is 16.5. The summed E-state index contributed by atoms with van der Waals surface area (Å²) < 4.78 is 11.2. The average Bonchev–Trinajstić information content (AvgIpc) is 2.14. The van der Waals surface area contributed by atoms with E-state index in [0.717, 1.165) is 19.4 Å². The Kier molecular flexibility index (Phi) is 6.85. The molecule has 1 unspecified atom stereocenters. The first kappa shape index (κ1) is 13.7. The number of rotatable bonds is 8. The molecule has 1 atom stereocenters. The Morgan fingerprint density at radius 1 is 1.43 bits per heavy atom. The lowest BCUT2D eigenvalue weighted by Gasteiger charge is -2.28. The van der Waals surface area contributed by atoms with Crippen molar-refractivity contribution in [1.29, 1.82) is 0 Å². The molecule has 0 aromatic carbocycles. The van der Waals surface area contributed by atoms with Crippen LogP contribution >= 0.6 is 0 Å². The number of hydrogen-bond acceptors (Lipinski definition) is 2. The van der Waals surface area contributed by atoms with Crippen LogP contribution in [0, 0.1) is 0 Å².